The molecule has 54 valence electrons. The summed E-state index contributed by atoms with van der Waals surface area (Å²) < 4.78 is 4.77. The molecule has 2 atom stereocenters. The molecule has 0 radical (unpaired) electrons. The van der Waals surface area contributed by atoms with Crippen molar-refractivity contribution < 1.29 is 4.74 Å². The third kappa shape index (κ3) is 2.49. The highest BCUT2D eigenvalue weighted by Crippen LogP contribution is 1.98. The Balaban J connectivity index is 3.72. The van der Waals surface area contributed by atoms with E-state index in [1.54, 1.807) is 0 Å². The summed E-state index contributed by atoms with van der Waals surface area (Å²) in [5.41, 5.74) is 11.0. The van der Waals surface area contributed by atoms with Gasteiger partial charge < -0.3 is 16.2 Å². The van der Waals surface area contributed by atoms with Gasteiger partial charge in [-0.25, -0.2) is 0 Å². The summed E-state index contributed by atoms with van der Waals surface area (Å²) in [6, 6.07) is -0.354. The van der Waals surface area contributed by atoms with E-state index in [0.717, 1.165) is 0 Å². The molecule has 0 rings (SSSR count). The minimum absolute atomic E-state index is 0.0996. The molecule has 3 heteroatoms. The van der Waals surface area contributed by atoms with Gasteiger partial charge in [0, 0.05) is 6.04 Å². The summed E-state index contributed by atoms with van der Waals surface area (Å²) in [6.07, 6.45) is 0. The van der Waals surface area contributed by atoms with Crippen molar-refractivity contribution >= 4 is 0 Å². The molecule has 2 unspecified atom stereocenters. The molecular weight excluding hydrogens is 116 g/mol. The summed E-state index contributed by atoms with van der Waals surface area (Å²) in [5, 5.41) is 0. The molecule has 0 saturated carbocycles. The van der Waals surface area contributed by atoms with Crippen LogP contribution in [0.5, 0.6) is 0 Å². The molecule has 0 saturated heterocycles. The quantitative estimate of drug-likeness (QED) is 0.521. The Labute approximate surface area is 55.7 Å². The molecule has 0 amide bonds. The molecule has 0 aromatic heterocycles. The second-order valence-corrected chi connectivity index (χ2v) is 2.06. The van der Waals surface area contributed by atoms with E-state index < -0.39 is 0 Å². The standard InChI is InChI=1S/C6H14N2O/c1-4(7)6(8)5(2)9-3/h4,6H,2,7-8H2,1,3H3. The van der Waals surface area contributed by atoms with E-state index in [9.17, 15) is 0 Å². The van der Waals surface area contributed by atoms with E-state index in [-0.39, 0.29) is 12.1 Å². The largest absolute Gasteiger partial charge is 0.500 e. The molecule has 9 heavy (non-hydrogen) atoms. The first-order valence-corrected chi connectivity index (χ1v) is 2.83. The minimum atomic E-state index is -0.255. The molecule has 0 bridgehead atoms. The topological polar surface area (TPSA) is 61.3 Å². The fraction of sp³-hybridized carbons (Fsp3) is 0.667. The van der Waals surface area contributed by atoms with Crippen molar-refractivity contribution in [3.8, 4) is 0 Å². The fourth-order valence-corrected chi connectivity index (χ4v) is 0.429. The van der Waals surface area contributed by atoms with E-state index in [2.05, 4.69) is 6.58 Å². The summed E-state index contributed by atoms with van der Waals surface area (Å²) >= 11 is 0. The van der Waals surface area contributed by atoms with Gasteiger partial charge in [0.2, 0.25) is 0 Å². The summed E-state index contributed by atoms with van der Waals surface area (Å²) in [4.78, 5) is 0. The van der Waals surface area contributed by atoms with E-state index in [1.165, 1.54) is 7.11 Å². The Bertz CT molecular complexity index is 101. The zero-order valence-electron chi connectivity index (χ0n) is 5.92. The Kier molecular flexibility index (Phi) is 3.27. The summed E-state index contributed by atoms with van der Waals surface area (Å²) in [7, 11) is 1.53. The van der Waals surface area contributed by atoms with E-state index in [1.807, 2.05) is 6.92 Å². The average Bonchev–Trinajstić information content (AvgIpc) is 1.84. The molecule has 0 heterocycles. The number of hydrogen-bond donors (Lipinski definition) is 2. The van der Waals surface area contributed by atoms with Crippen molar-refractivity contribution in [3.63, 3.8) is 0 Å². The zero-order chi connectivity index (χ0) is 7.44. The van der Waals surface area contributed by atoms with Gasteiger partial charge in [-0.3, -0.25) is 0 Å². The van der Waals surface area contributed by atoms with Crippen LogP contribution in [0, 0.1) is 0 Å². The van der Waals surface area contributed by atoms with E-state index >= 15 is 0 Å². The van der Waals surface area contributed by atoms with Crippen molar-refractivity contribution in [1.82, 2.24) is 0 Å². The van der Waals surface area contributed by atoms with Gasteiger partial charge in [-0.05, 0) is 6.92 Å². The Morgan fingerprint density at radius 3 is 2.11 bits per heavy atom. The van der Waals surface area contributed by atoms with Crippen molar-refractivity contribution in [2.45, 2.75) is 19.0 Å². The lowest BCUT2D eigenvalue weighted by atomic mass is 10.1. The maximum Gasteiger partial charge on any atom is 0.107 e. The van der Waals surface area contributed by atoms with Crippen molar-refractivity contribution in [2.24, 2.45) is 11.5 Å². The smallest absolute Gasteiger partial charge is 0.107 e. The van der Waals surface area contributed by atoms with Crippen molar-refractivity contribution in [3.05, 3.63) is 12.3 Å². The highest BCUT2D eigenvalue weighted by Gasteiger charge is 2.10. The molecular formula is C6H14N2O. The van der Waals surface area contributed by atoms with Gasteiger partial charge in [0.15, 0.2) is 0 Å². The van der Waals surface area contributed by atoms with Gasteiger partial charge in [-0.2, -0.15) is 0 Å². The van der Waals surface area contributed by atoms with Gasteiger partial charge >= 0.3 is 0 Å². The fourth-order valence-electron chi connectivity index (χ4n) is 0.429. The minimum Gasteiger partial charge on any atom is -0.500 e. The van der Waals surface area contributed by atoms with Crippen LogP contribution in [0.2, 0.25) is 0 Å². The van der Waals surface area contributed by atoms with E-state index in [0.29, 0.717) is 5.76 Å². The Morgan fingerprint density at radius 1 is 1.56 bits per heavy atom. The zero-order valence-corrected chi connectivity index (χ0v) is 5.92. The van der Waals surface area contributed by atoms with E-state index in [4.69, 9.17) is 16.2 Å². The molecule has 0 aliphatic rings. The van der Waals surface area contributed by atoms with Gasteiger partial charge in [0.25, 0.3) is 0 Å². The van der Waals surface area contributed by atoms with Gasteiger partial charge in [0.1, 0.15) is 5.76 Å². The molecule has 0 spiro atoms. The first-order chi connectivity index (χ1) is 4.09. The number of nitrogens with two attached hydrogens (primary N) is 2. The lowest BCUT2D eigenvalue weighted by Crippen LogP contribution is -2.40. The number of ether oxygens (including phenoxy) is 1. The summed E-state index contributed by atoms with van der Waals surface area (Å²) in [5.74, 6) is 0.532. The molecule has 0 fully saturated rings. The van der Waals surface area contributed by atoms with Crippen LogP contribution in [-0.2, 0) is 4.74 Å². The van der Waals surface area contributed by atoms with Gasteiger partial charge in [-0.15, -0.1) is 0 Å². The van der Waals surface area contributed by atoms with Crippen LogP contribution in [0.3, 0.4) is 0 Å². The highest BCUT2D eigenvalue weighted by molar-refractivity contribution is 4.98. The molecule has 4 N–H and O–H groups in total. The SMILES string of the molecule is C=C(OC)C(N)C(C)N. The van der Waals surface area contributed by atoms with Crippen LogP contribution < -0.4 is 11.5 Å². The predicted octanol–water partition coefficient (Wildman–Crippen LogP) is -0.179. The van der Waals surface area contributed by atoms with Crippen LogP contribution in [0.25, 0.3) is 0 Å². The summed E-state index contributed by atoms with van der Waals surface area (Å²) in [6.45, 7) is 5.38. The Hall–Kier alpha value is -0.540. The number of methoxy groups -OCH3 is 1. The first-order valence-electron chi connectivity index (χ1n) is 2.83. The van der Waals surface area contributed by atoms with Crippen LogP contribution in [0.15, 0.2) is 12.3 Å². The monoisotopic (exact) mass is 130 g/mol. The molecule has 0 aliphatic carbocycles. The second kappa shape index (κ2) is 3.48. The third-order valence-electron chi connectivity index (χ3n) is 1.20. The first kappa shape index (κ1) is 8.46. The van der Waals surface area contributed by atoms with Gasteiger partial charge in [0.05, 0.1) is 13.2 Å². The predicted molar refractivity (Wildman–Crippen MR) is 37.8 cm³/mol. The number of hydrogen-bond acceptors (Lipinski definition) is 3. The maximum atomic E-state index is 5.52. The van der Waals surface area contributed by atoms with Crippen molar-refractivity contribution in [2.75, 3.05) is 7.11 Å². The number of rotatable bonds is 3. The van der Waals surface area contributed by atoms with Gasteiger partial charge in [-0.1, -0.05) is 6.58 Å². The van der Waals surface area contributed by atoms with Crippen molar-refractivity contribution in [1.29, 1.82) is 0 Å². The Morgan fingerprint density at radius 2 is 2.00 bits per heavy atom. The third-order valence-corrected chi connectivity index (χ3v) is 1.20. The van der Waals surface area contributed by atoms with Crippen LogP contribution in [0.1, 0.15) is 6.92 Å². The lowest BCUT2D eigenvalue weighted by molar-refractivity contribution is 0.258. The average molecular weight is 130 g/mol. The molecule has 3 nitrogen and oxygen atoms in total. The molecule has 0 aromatic rings. The highest BCUT2D eigenvalue weighted by atomic mass is 16.5. The normalized spacial score (nSPS) is 16.4. The lowest BCUT2D eigenvalue weighted by Gasteiger charge is -2.16. The van der Waals surface area contributed by atoms with Crippen LogP contribution in [-0.4, -0.2) is 19.2 Å². The second-order valence-electron chi connectivity index (χ2n) is 2.06. The molecule has 0 aromatic carbocycles. The molecule has 0 aliphatic heterocycles. The maximum absolute atomic E-state index is 5.52. The van der Waals surface area contributed by atoms with Crippen LogP contribution in [0.4, 0.5) is 0 Å². The van der Waals surface area contributed by atoms with Crippen LogP contribution >= 0.6 is 0 Å².